The molecule has 2 nitrogen and oxygen atoms in total. The van der Waals surface area contributed by atoms with Gasteiger partial charge in [0.25, 0.3) is 0 Å². The van der Waals surface area contributed by atoms with Gasteiger partial charge in [-0.1, -0.05) is 12.8 Å². The standard InChI is InChI=1S/C12H19NOS/c1-2-4-12(3-1)14-7-6-13-9-11-5-8-15-10-11/h5,8,10,12-13H,1-4,6-7,9H2. The highest BCUT2D eigenvalue weighted by Crippen LogP contribution is 2.20. The van der Waals surface area contributed by atoms with E-state index in [2.05, 4.69) is 22.1 Å². The molecule has 1 aromatic rings. The van der Waals surface area contributed by atoms with Crippen LogP contribution in [0, 0.1) is 0 Å². The summed E-state index contributed by atoms with van der Waals surface area (Å²) in [6, 6.07) is 2.16. The summed E-state index contributed by atoms with van der Waals surface area (Å²) in [5.74, 6) is 0. The summed E-state index contributed by atoms with van der Waals surface area (Å²) in [5.41, 5.74) is 1.38. The van der Waals surface area contributed by atoms with Gasteiger partial charge in [-0.25, -0.2) is 0 Å². The number of rotatable bonds is 6. The Hall–Kier alpha value is -0.380. The van der Waals surface area contributed by atoms with E-state index in [1.54, 1.807) is 11.3 Å². The minimum atomic E-state index is 0.549. The van der Waals surface area contributed by atoms with Crippen molar-refractivity contribution in [2.45, 2.75) is 38.3 Å². The lowest BCUT2D eigenvalue weighted by Crippen LogP contribution is -2.21. The topological polar surface area (TPSA) is 21.3 Å². The van der Waals surface area contributed by atoms with Crippen LogP contribution in [0.2, 0.25) is 0 Å². The molecule has 1 aliphatic rings. The van der Waals surface area contributed by atoms with Crippen molar-refractivity contribution >= 4 is 11.3 Å². The molecule has 0 saturated heterocycles. The minimum Gasteiger partial charge on any atom is -0.377 e. The fourth-order valence-corrected chi connectivity index (χ4v) is 2.65. The highest BCUT2D eigenvalue weighted by atomic mass is 32.1. The molecule has 1 aromatic heterocycles. The monoisotopic (exact) mass is 225 g/mol. The quantitative estimate of drug-likeness (QED) is 0.752. The third-order valence-electron chi connectivity index (χ3n) is 2.84. The molecule has 1 aliphatic carbocycles. The Morgan fingerprint density at radius 3 is 3.00 bits per heavy atom. The highest BCUT2D eigenvalue weighted by molar-refractivity contribution is 7.07. The maximum Gasteiger partial charge on any atom is 0.0594 e. The second kappa shape index (κ2) is 6.26. The highest BCUT2D eigenvalue weighted by Gasteiger charge is 2.14. The van der Waals surface area contributed by atoms with Gasteiger partial charge < -0.3 is 10.1 Å². The van der Waals surface area contributed by atoms with Crippen molar-refractivity contribution in [3.8, 4) is 0 Å². The molecule has 15 heavy (non-hydrogen) atoms. The Morgan fingerprint density at radius 1 is 1.40 bits per heavy atom. The Labute approximate surface area is 95.6 Å². The number of hydrogen-bond donors (Lipinski definition) is 1. The van der Waals surface area contributed by atoms with E-state index in [0.29, 0.717) is 6.10 Å². The van der Waals surface area contributed by atoms with Gasteiger partial charge in [-0.2, -0.15) is 11.3 Å². The number of ether oxygens (including phenoxy) is 1. The van der Waals surface area contributed by atoms with Crippen LogP contribution in [0.15, 0.2) is 16.8 Å². The summed E-state index contributed by atoms with van der Waals surface area (Å²) >= 11 is 1.75. The predicted molar refractivity (Wildman–Crippen MR) is 64.2 cm³/mol. The molecule has 1 fully saturated rings. The lowest BCUT2D eigenvalue weighted by molar-refractivity contribution is 0.0603. The minimum absolute atomic E-state index is 0.549. The first-order chi connectivity index (χ1) is 7.45. The largest absolute Gasteiger partial charge is 0.377 e. The molecule has 0 radical (unpaired) electrons. The van der Waals surface area contributed by atoms with E-state index < -0.39 is 0 Å². The van der Waals surface area contributed by atoms with Crippen molar-refractivity contribution in [1.29, 1.82) is 0 Å². The van der Waals surface area contributed by atoms with Crippen molar-refractivity contribution in [3.05, 3.63) is 22.4 Å². The van der Waals surface area contributed by atoms with Crippen LogP contribution in [0.3, 0.4) is 0 Å². The van der Waals surface area contributed by atoms with Gasteiger partial charge in [0, 0.05) is 13.1 Å². The van der Waals surface area contributed by atoms with E-state index >= 15 is 0 Å². The summed E-state index contributed by atoms with van der Waals surface area (Å²) in [5, 5.41) is 7.70. The summed E-state index contributed by atoms with van der Waals surface area (Å²) in [6.07, 6.45) is 5.79. The van der Waals surface area contributed by atoms with Crippen LogP contribution < -0.4 is 5.32 Å². The molecule has 0 unspecified atom stereocenters. The second-order valence-corrected chi connectivity index (χ2v) is 4.87. The zero-order valence-electron chi connectivity index (χ0n) is 9.08. The SMILES string of the molecule is c1cc(CNCCOC2CCCC2)cs1. The van der Waals surface area contributed by atoms with Crippen LogP contribution in [0.1, 0.15) is 31.2 Å². The fraction of sp³-hybridized carbons (Fsp3) is 0.667. The van der Waals surface area contributed by atoms with E-state index in [0.717, 1.165) is 19.7 Å². The first-order valence-electron chi connectivity index (χ1n) is 5.78. The molecule has 84 valence electrons. The Morgan fingerprint density at radius 2 is 2.27 bits per heavy atom. The molecule has 1 saturated carbocycles. The van der Waals surface area contributed by atoms with E-state index in [9.17, 15) is 0 Å². The molecule has 3 heteroatoms. The molecule has 2 rings (SSSR count). The average molecular weight is 225 g/mol. The maximum atomic E-state index is 5.76. The zero-order valence-corrected chi connectivity index (χ0v) is 9.89. The average Bonchev–Trinajstić information content (AvgIpc) is 2.88. The first kappa shape index (κ1) is 11.1. The molecular formula is C12H19NOS. The summed E-state index contributed by atoms with van der Waals surface area (Å²) in [6.45, 7) is 2.79. The van der Waals surface area contributed by atoms with Crippen LogP contribution in [0.5, 0.6) is 0 Å². The van der Waals surface area contributed by atoms with Gasteiger partial charge in [0.2, 0.25) is 0 Å². The van der Waals surface area contributed by atoms with Crippen molar-refractivity contribution in [2.75, 3.05) is 13.2 Å². The van der Waals surface area contributed by atoms with Gasteiger partial charge in [0.15, 0.2) is 0 Å². The van der Waals surface area contributed by atoms with Crippen molar-refractivity contribution in [3.63, 3.8) is 0 Å². The van der Waals surface area contributed by atoms with Gasteiger partial charge in [0.05, 0.1) is 12.7 Å². The Bertz CT molecular complexity index is 255. The number of hydrogen-bond acceptors (Lipinski definition) is 3. The molecule has 0 atom stereocenters. The fourth-order valence-electron chi connectivity index (χ4n) is 1.98. The van der Waals surface area contributed by atoms with Gasteiger partial charge >= 0.3 is 0 Å². The Balaban J connectivity index is 1.48. The molecule has 1 heterocycles. The first-order valence-corrected chi connectivity index (χ1v) is 6.73. The van der Waals surface area contributed by atoms with E-state index in [4.69, 9.17) is 4.74 Å². The number of nitrogens with one attached hydrogen (secondary N) is 1. The van der Waals surface area contributed by atoms with Crippen molar-refractivity contribution in [2.24, 2.45) is 0 Å². The predicted octanol–water partition coefficient (Wildman–Crippen LogP) is 2.80. The second-order valence-electron chi connectivity index (χ2n) is 4.09. The lowest BCUT2D eigenvalue weighted by Gasteiger charge is -2.11. The third-order valence-corrected chi connectivity index (χ3v) is 3.58. The van der Waals surface area contributed by atoms with Crippen LogP contribution in [0.4, 0.5) is 0 Å². The summed E-state index contributed by atoms with van der Waals surface area (Å²) in [4.78, 5) is 0. The maximum absolute atomic E-state index is 5.76. The summed E-state index contributed by atoms with van der Waals surface area (Å²) < 4.78 is 5.76. The molecule has 0 bridgehead atoms. The molecule has 1 N–H and O–H groups in total. The van der Waals surface area contributed by atoms with Gasteiger partial charge in [0.1, 0.15) is 0 Å². The Kier molecular flexibility index (Phi) is 4.64. The number of thiophene rings is 1. The van der Waals surface area contributed by atoms with E-state index in [1.807, 2.05) is 0 Å². The van der Waals surface area contributed by atoms with Crippen molar-refractivity contribution < 1.29 is 4.74 Å². The van der Waals surface area contributed by atoms with E-state index in [-0.39, 0.29) is 0 Å². The normalized spacial score (nSPS) is 17.3. The van der Waals surface area contributed by atoms with Crippen molar-refractivity contribution in [1.82, 2.24) is 5.32 Å². The molecule has 0 amide bonds. The summed E-state index contributed by atoms with van der Waals surface area (Å²) in [7, 11) is 0. The van der Waals surface area contributed by atoms with Crippen LogP contribution in [-0.2, 0) is 11.3 Å². The lowest BCUT2D eigenvalue weighted by atomic mass is 10.3. The van der Waals surface area contributed by atoms with Crippen LogP contribution >= 0.6 is 11.3 Å². The van der Waals surface area contributed by atoms with Gasteiger partial charge in [-0.3, -0.25) is 0 Å². The molecule has 0 spiro atoms. The molecular weight excluding hydrogens is 206 g/mol. The van der Waals surface area contributed by atoms with Crippen LogP contribution in [0.25, 0.3) is 0 Å². The smallest absolute Gasteiger partial charge is 0.0594 e. The van der Waals surface area contributed by atoms with Gasteiger partial charge in [-0.05, 0) is 35.2 Å². The zero-order chi connectivity index (χ0) is 10.3. The molecule has 0 aliphatic heterocycles. The van der Waals surface area contributed by atoms with Gasteiger partial charge in [-0.15, -0.1) is 0 Å². The molecule has 0 aromatic carbocycles. The third kappa shape index (κ3) is 3.93. The van der Waals surface area contributed by atoms with Crippen LogP contribution in [-0.4, -0.2) is 19.3 Å². The van der Waals surface area contributed by atoms with E-state index in [1.165, 1.54) is 31.2 Å².